The number of para-hydroxylation sites is 1. The Hall–Kier alpha value is -2.97. The Balaban J connectivity index is 1.59. The quantitative estimate of drug-likeness (QED) is 0.317. The number of carbonyl (C=O) groups excluding carboxylic acids is 1. The van der Waals surface area contributed by atoms with Crippen LogP contribution in [0.5, 0.6) is 0 Å². The lowest BCUT2D eigenvalue weighted by atomic mass is 10.1. The number of benzene rings is 2. The lowest BCUT2D eigenvalue weighted by molar-refractivity contribution is -0.115. The molecule has 8 heteroatoms. The topological polar surface area (TPSA) is 68.1 Å². The number of anilines is 2. The van der Waals surface area contributed by atoms with E-state index in [1.807, 2.05) is 49.6 Å². The number of thioether (sulfide) groups is 1. The highest BCUT2D eigenvalue weighted by atomic mass is 32.2. The molecule has 0 atom stereocenters. The summed E-state index contributed by atoms with van der Waals surface area (Å²) in [6, 6.07) is 13.4. The highest BCUT2D eigenvalue weighted by Crippen LogP contribution is 2.33. The van der Waals surface area contributed by atoms with Gasteiger partial charge in [0.2, 0.25) is 5.91 Å². The highest BCUT2D eigenvalue weighted by Gasteiger charge is 2.20. The summed E-state index contributed by atoms with van der Waals surface area (Å²) in [7, 11) is 1.73. The van der Waals surface area contributed by atoms with Gasteiger partial charge >= 0.3 is 0 Å². The molecule has 1 amide bonds. The van der Waals surface area contributed by atoms with Crippen LogP contribution in [0.3, 0.4) is 0 Å². The zero-order valence-electron chi connectivity index (χ0n) is 17.7. The van der Waals surface area contributed by atoms with Gasteiger partial charge in [-0.15, -0.1) is 11.3 Å². The van der Waals surface area contributed by atoms with E-state index in [1.165, 1.54) is 23.1 Å². The number of nitrogens with zero attached hydrogens (tertiary/aromatic N) is 4. The SMILES string of the molecule is CC(=O)N(c1nc(CSc2nc3ccccc3c(=O)n2C)cs1)c1ccc(C)cc1C. The van der Waals surface area contributed by atoms with Crippen LogP contribution in [0.2, 0.25) is 0 Å². The predicted molar refractivity (Wildman–Crippen MR) is 127 cm³/mol. The molecule has 6 nitrogen and oxygen atoms in total. The Morgan fingerprint density at radius 1 is 1.16 bits per heavy atom. The van der Waals surface area contributed by atoms with E-state index in [0.29, 0.717) is 26.9 Å². The van der Waals surface area contributed by atoms with E-state index in [2.05, 4.69) is 16.0 Å². The summed E-state index contributed by atoms with van der Waals surface area (Å²) in [6.45, 7) is 5.57. The van der Waals surface area contributed by atoms with Gasteiger partial charge in [-0.2, -0.15) is 0 Å². The Labute approximate surface area is 188 Å². The normalized spacial score (nSPS) is 11.1. The van der Waals surface area contributed by atoms with Gasteiger partial charge in [-0.05, 0) is 37.6 Å². The Bertz CT molecular complexity index is 1340. The third kappa shape index (κ3) is 4.26. The van der Waals surface area contributed by atoms with E-state index in [1.54, 1.807) is 29.5 Å². The molecular formula is C23H22N4O2S2. The van der Waals surface area contributed by atoms with Crippen molar-refractivity contribution in [2.75, 3.05) is 4.90 Å². The van der Waals surface area contributed by atoms with Crippen LogP contribution in [-0.4, -0.2) is 20.4 Å². The van der Waals surface area contributed by atoms with Crippen molar-refractivity contribution in [1.82, 2.24) is 14.5 Å². The minimum absolute atomic E-state index is 0.0651. The zero-order valence-corrected chi connectivity index (χ0v) is 19.4. The molecule has 4 aromatic rings. The summed E-state index contributed by atoms with van der Waals surface area (Å²) >= 11 is 2.89. The molecule has 0 aliphatic carbocycles. The van der Waals surface area contributed by atoms with Gasteiger partial charge in [0.05, 0.1) is 22.3 Å². The number of fused-ring (bicyclic) bond motifs is 1. The first kappa shape index (κ1) is 21.3. The number of hydrogen-bond acceptors (Lipinski definition) is 6. The maximum absolute atomic E-state index is 12.6. The van der Waals surface area contributed by atoms with Crippen LogP contribution in [0, 0.1) is 13.8 Å². The third-order valence-corrected chi connectivity index (χ3v) is 6.87. The summed E-state index contributed by atoms with van der Waals surface area (Å²) in [5.41, 5.74) is 4.47. The fourth-order valence-electron chi connectivity index (χ4n) is 3.39. The molecule has 0 bridgehead atoms. The van der Waals surface area contributed by atoms with E-state index in [-0.39, 0.29) is 11.5 Å². The lowest BCUT2D eigenvalue weighted by Crippen LogP contribution is -2.23. The molecule has 2 aromatic carbocycles. The van der Waals surface area contributed by atoms with Crippen molar-refractivity contribution >= 4 is 50.7 Å². The molecule has 2 aromatic heterocycles. The molecule has 0 unspecified atom stereocenters. The van der Waals surface area contributed by atoms with Crippen molar-refractivity contribution in [2.24, 2.45) is 7.05 Å². The van der Waals surface area contributed by atoms with E-state index in [9.17, 15) is 9.59 Å². The number of aromatic nitrogens is 3. The van der Waals surface area contributed by atoms with E-state index >= 15 is 0 Å². The van der Waals surface area contributed by atoms with E-state index in [0.717, 1.165) is 22.5 Å². The fourth-order valence-corrected chi connectivity index (χ4v) is 5.24. The zero-order chi connectivity index (χ0) is 22.1. The van der Waals surface area contributed by atoms with E-state index < -0.39 is 0 Å². The number of hydrogen-bond donors (Lipinski definition) is 0. The number of carbonyl (C=O) groups is 1. The van der Waals surface area contributed by atoms with Crippen LogP contribution in [-0.2, 0) is 17.6 Å². The van der Waals surface area contributed by atoms with Gasteiger partial charge in [-0.3, -0.25) is 19.1 Å². The number of rotatable bonds is 5. The van der Waals surface area contributed by atoms with Crippen LogP contribution in [0.15, 0.2) is 57.8 Å². The smallest absolute Gasteiger partial charge is 0.261 e. The molecule has 0 aliphatic heterocycles. The first-order chi connectivity index (χ1) is 14.8. The van der Waals surface area contributed by atoms with Gasteiger partial charge in [0.25, 0.3) is 5.56 Å². The summed E-state index contributed by atoms with van der Waals surface area (Å²) in [4.78, 5) is 36.0. The monoisotopic (exact) mass is 450 g/mol. The molecule has 0 saturated carbocycles. The molecule has 4 rings (SSSR count). The highest BCUT2D eigenvalue weighted by molar-refractivity contribution is 7.98. The van der Waals surface area contributed by atoms with Crippen molar-refractivity contribution in [3.8, 4) is 0 Å². The predicted octanol–water partition coefficient (Wildman–Crippen LogP) is 4.98. The molecule has 0 N–H and O–H groups in total. The Morgan fingerprint density at radius 3 is 2.68 bits per heavy atom. The van der Waals surface area contributed by atoms with Crippen LogP contribution in [0.4, 0.5) is 10.8 Å². The molecule has 31 heavy (non-hydrogen) atoms. The Morgan fingerprint density at radius 2 is 1.94 bits per heavy atom. The molecule has 0 radical (unpaired) electrons. The summed E-state index contributed by atoms with van der Waals surface area (Å²) in [6.07, 6.45) is 0. The fraction of sp³-hybridized carbons (Fsp3) is 0.217. The number of thiazole rings is 1. The van der Waals surface area contributed by atoms with Gasteiger partial charge in [-0.1, -0.05) is 41.6 Å². The molecule has 0 spiro atoms. The minimum atomic E-state index is -0.0842. The van der Waals surface area contributed by atoms with Crippen LogP contribution in [0.1, 0.15) is 23.7 Å². The van der Waals surface area contributed by atoms with Crippen molar-refractivity contribution < 1.29 is 4.79 Å². The Kier molecular flexibility index (Phi) is 5.93. The first-order valence-corrected chi connectivity index (χ1v) is 11.6. The molecule has 0 saturated heterocycles. The number of amides is 1. The van der Waals surface area contributed by atoms with Gasteiger partial charge in [0.15, 0.2) is 10.3 Å². The van der Waals surface area contributed by atoms with Gasteiger partial charge in [0.1, 0.15) is 0 Å². The molecule has 0 aliphatic rings. The van der Waals surface area contributed by atoms with Crippen LogP contribution >= 0.6 is 23.1 Å². The average Bonchev–Trinajstić information content (AvgIpc) is 3.19. The maximum Gasteiger partial charge on any atom is 0.261 e. The largest absolute Gasteiger partial charge is 0.290 e. The van der Waals surface area contributed by atoms with E-state index in [4.69, 9.17) is 0 Å². The van der Waals surface area contributed by atoms with Crippen LogP contribution < -0.4 is 10.5 Å². The van der Waals surface area contributed by atoms with Gasteiger partial charge < -0.3 is 0 Å². The van der Waals surface area contributed by atoms with Crippen molar-refractivity contribution in [2.45, 2.75) is 31.7 Å². The van der Waals surface area contributed by atoms with Crippen molar-refractivity contribution in [3.05, 3.63) is 75.0 Å². The third-order valence-electron chi connectivity index (χ3n) is 4.93. The number of aryl methyl sites for hydroxylation is 2. The maximum atomic E-state index is 12.6. The molecule has 158 valence electrons. The second-order valence-electron chi connectivity index (χ2n) is 7.33. The average molecular weight is 451 g/mol. The summed E-state index contributed by atoms with van der Waals surface area (Å²) < 4.78 is 1.57. The molecule has 0 fully saturated rings. The summed E-state index contributed by atoms with van der Waals surface area (Å²) in [5, 5.41) is 3.82. The molecular weight excluding hydrogens is 428 g/mol. The second kappa shape index (κ2) is 8.64. The first-order valence-electron chi connectivity index (χ1n) is 9.76. The molecule has 2 heterocycles. The summed E-state index contributed by atoms with van der Waals surface area (Å²) in [5.74, 6) is 0.465. The standard InChI is InChI=1S/C23H22N4O2S2/c1-14-9-10-20(15(2)11-14)27(16(3)28)23-24-17(13-31-23)12-30-22-25-19-8-6-5-7-18(19)21(29)26(22)4/h5-11,13H,12H2,1-4H3. The van der Waals surface area contributed by atoms with Crippen LogP contribution in [0.25, 0.3) is 10.9 Å². The minimum Gasteiger partial charge on any atom is -0.290 e. The lowest BCUT2D eigenvalue weighted by Gasteiger charge is -2.20. The second-order valence-corrected chi connectivity index (χ2v) is 9.11. The van der Waals surface area contributed by atoms with Crippen molar-refractivity contribution in [1.29, 1.82) is 0 Å². The van der Waals surface area contributed by atoms with Crippen molar-refractivity contribution in [3.63, 3.8) is 0 Å². The van der Waals surface area contributed by atoms with Gasteiger partial charge in [0, 0.05) is 25.1 Å². The van der Waals surface area contributed by atoms with Gasteiger partial charge in [-0.25, -0.2) is 9.97 Å².